The Morgan fingerprint density at radius 2 is 2.21 bits per heavy atom. The first-order chi connectivity index (χ1) is 6.61. The smallest absolute Gasteiger partial charge is 0.124 e. The van der Waals surface area contributed by atoms with Gasteiger partial charge in [-0.3, -0.25) is 0 Å². The number of halogens is 1. The number of hydrogen-bond donors (Lipinski definition) is 2. The Balaban J connectivity index is 3.27. The van der Waals surface area contributed by atoms with Crippen LogP contribution in [0.1, 0.15) is 17.2 Å². The Morgan fingerprint density at radius 3 is 2.71 bits per heavy atom. The van der Waals surface area contributed by atoms with Gasteiger partial charge in [0.1, 0.15) is 5.75 Å². The molecule has 0 heterocycles. The average molecular weight is 260 g/mol. The van der Waals surface area contributed by atoms with Gasteiger partial charge in [-0.05, 0) is 24.6 Å². The third-order valence-electron chi connectivity index (χ3n) is 2.20. The number of aliphatic hydroxyl groups excluding tert-OH is 1. The van der Waals surface area contributed by atoms with Crippen LogP contribution < -0.4 is 10.5 Å². The molecule has 1 aromatic rings. The maximum Gasteiger partial charge on any atom is 0.124 e. The van der Waals surface area contributed by atoms with E-state index in [1.165, 1.54) is 0 Å². The molecule has 14 heavy (non-hydrogen) atoms. The maximum absolute atomic E-state index is 9.03. The van der Waals surface area contributed by atoms with E-state index in [2.05, 4.69) is 15.9 Å². The molecular formula is C10H14BrNO2. The summed E-state index contributed by atoms with van der Waals surface area (Å²) in [6.07, 6.45) is 0. The van der Waals surface area contributed by atoms with Crippen LogP contribution in [0.3, 0.4) is 0 Å². The first-order valence-corrected chi connectivity index (χ1v) is 5.10. The average Bonchev–Trinajstić information content (AvgIpc) is 2.20. The zero-order chi connectivity index (χ0) is 10.7. The lowest BCUT2D eigenvalue weighted by Crippen LogP contribution is -2.17. The highest BCUT2D eigenvalue weighted by Crippen LogP contribution is 2.31. The van der Waals surface area contributed by atoms with Gasteiger partial charge in [0.25, 0.3) is 0 Å². The van der Waals surface area contributed by atoms with E-state index >= 15 is 0 Å². The molecule has 4 heteroatoms. The molecule has 0 spiro atoms. The van der Waals surface area contributed by atoms with Gasteiger partial charge in [-0.15, -0.1) is 0 Å². The van der Waals surface area contributed by atoms with Gasteiger partial charge in [0.05, 0.1) is 19.8 Å². The van der Waals surface area contributed by atoms with Crippen molar-refractivity contribution in [1.29, 1.82) is 0 Å². The summed E-state index contributed by atoms with van der Waals surface area (Å²) in [6, 6.07) is 3.34. The second-order valence-electron chi connectivity index (χ2n) is 3.08. The first kappa shape index (κ1) is 11.5. The van der Waals surface area contributed by atoms with Crippen LogP contribution in [0.4, 0.5) is 0 Å². The molecule has 0 bridgehead atoms. The molecule has 0 saturated heterocycles. The van der Waals surface area contributed by atoms with Crippen molar-refractivity contribution in [2.24, 2.45) is 5.73 Å². The lowest BCUT2D eigenvalue weighted by Gasteiger charge is -2.17. The van der Waals surface area contributed by atoms with Gasteiger partial charge >= 0.3 is 0 Å². The van der Waals surface area contributed by atoms with E-state index in [9.17, 15) is 0 Å². The lowest BCUT2D eigenvalue weighted by atomic mass is 10.0. The van der Waals surface area contributed by atoms with Gasteiger partial charge in [0.15, 0.2) is 0 Å². The summed E-state index contributed by atoms with van der Waals surface area (Å²) in [5.74, 6) is 0.715. The Morgan fingerprint density at radius 1 is 1.57 bits per heavy atom. The predicted octanol–water partition coefficient (Wildman–Crippen LogP) is 1.76. The second-order valence-corrected chi connectivity index (χ2v) is 3.93. The van der Waals surface area contributed by atoms with Crippen LogP contribution in [0.5, 0.6) is 5.75 Å². The highest BCUT2D eigenvalue weighted by Gasteiger charge is 2.15. The van der Waals surface area contributed by atoms with E-state index in [0.29, 0.717) is 5.75 Å². The fourth-order valence-electron chi connectivity index (χ4n) is 1.41. The molecule has 0 amide bonds. The van der Waals surface area contributed by atoms with Gasteiger partial charge in [-0.25, -0.2) is 0 Å². The number of hydrogen-bond acceptors (Lipinski definition) is 3. The van der Waals surface area contributed by atoms with E-state index < -0.39 is 6.04 Å². The minimum Gasteiger partial charge on any atom is -0.496 e. The number of rotatable bonds is 3. The van der Waals surface area contributed by atoms with Crippen molar-refractivity contribution in [3.05, 3.63) is 27.7 Å². The number of methoxy groups -OCH3 is 1. The Labute approximate surface area is 92.0 Å². The van der Waals surface area contributed by atoms with E-state index in [1.807, 2.05) is 19.1 Å². The summed E-state index contributed by atoms with van der Waals surface area (Å²) in [5.41, 5.74) is 7.65. The van der Waals surface area contributed by atoms with Crippen molar-refractivity contribution < 1.29 is 9.84 Å². The molecule has 0 aromatic heterocycles. The molecule has 0 fully saturated rings. The van der Waals surface area contributed by atoms with Crippen LogP contribution >= 0.6 is 15.9 Å². The molecule has 3 nitrogen and oxygen atoms in total. The maximum atomic E-state index is 9.03. The second kappa shape index (κ2) is 4.77. The van der Waals surface area contributed by atoms with Crippen molar-refractivity contribution in [3.8, 4) is 5.75 Å². The van der Waals surface area contributed by atoms with Gasteiger partial charge in [0.2, 0.25) is 0 Å². The summed E-state index contributed by atoms with van der Waals surface area (Å²) < 4.78 is 6.16. The molecule has 0 aliphatic rings. The van der Waals surface area contributed by atoms with Crippen molar-refractivity contribution in [3.63, 3.8) is 0 Å². The molecule has 78 valence electrons. The first-order valence-electron chi connectivity index (χ1n) is 4.31. The summed E-state index contributed by atoms with van der Waals surface area (Å²) in [4.78, 5) is 0. The standard InChI is InChI=1S/C10H14BrNO2/c1-6-7(11)3-4-9(14-2)10(6)8(12)5-13/h3-4,8,13H,5,12H2,1-2H3. The molecule has 3 N–H and O–H groups in total. The molecule has 0 saturated carbocycles. The Kier molecular flexibility index (Phi) is 3.92. The zero-order valence-electron chi connectivity index (χ0n) is 8.25. The molecule has 0 radical (unpaired) electrons. The van der Waals surface area contributed by atoms with Crippen LogP contribution in [-0.2, 0) is 0 Å². The molecule has 0 aliphatic heterocycles. The van der Waals surface area contributed by atoms with Crippen molar-refractivity contribution in [2.75, 3.05) is 13.7 Å². The minimum atomic E-state index is -0.401. The van der Waals surface area contributed by atoms with E-state index in [-0.39, 0.29) is 6.61 Å². The SMILES string of the molecule is COc1ccc(Br)c(C)c1C(N)CO. The lowest BCUT2D eigenvalue weighted by molar-refractivity contribution is 0.264. The molecule has 1 unspecified atom stereocenters. The topological polar surface area (TPSA) is 55.5 Å². The third-order valence-corrected chi connectivity index (χ3v) is 3.06. The van der Waals surface area contributed by atoms with Crippen molar-refractivity contribution in [2.45, 2.75) is 13.0 Å². The number of benzene rings is 1. The molecule has 0 aliphatic carbocycles. The quantitative estimate of drug-likeness (QED) is 0.870. The Bertz CT molecular complexity index is 328. The van der Waals surface area contributed by atoms with Crippen molar-refractivity contribution >= 4 is 15.9 Å². The minimum absolute atomic E-state index is 0.0896. The molecular weight excluding hydrogens is 246 g/mol. The summed E-state index contributed by atoms with van der Waals surface area (Å²) in [6.45, 7) is 1.85. The van der Waals surface area contributed by atoms with E-state index in [1.54, 1.807) is 7.11 Å². The normalized spacial score (nSPS) is 12.6. The highest BCUT2D eigenvalue weighted by atomic mass is 79.9. The van der Waals surface area contributed by atoms with Crippen LogP contribution in [0.2, 0.25) is 0 Å². The van der Waals surface area contributed by atoms with E-state index in [0.717, 1.165) is 15.6 Å². The van der Waals surface area contributed by atoms with Crippen molar-refractivity contribution in [1.82, 2.24) is 0 Å². The number of aliphatic hydroxyl groups is 1. The number of ether oxygens (including phenoxy) is 1. The fourth-order valence-corrected chi connectivity index (χ4v) is 1.75. The molecule has 1 aromatic carbocycles. The summed E-state index contributed by atoms with van der Waals surface area (Å²) >= 11 is 3.41. The fraction of sp³-hybridized carbons (Fsp3) is 0.400. The van der Waals surface area contributed by atoms with E-state index in [4.69, 9.17) is 15.6 Å². The monoisotopic (exact) mass is 259 g/mol. The third kappa shape index (κ3) is 2.08. The van der Waals surface area contributed by atoms with Gasteiger partial charge < -0.3 is 15.6 Å². The summed E-state index contributed by atoms with van der Waals surface area (Å²) in [5, 5.41) is 9.03. The Hall–Kier alpha value is -0.580. The van der Waals surface area contributed by atoms with Crippen LogP contribution in [-0.4, -0.2) is 18.8 Å². The molecule has 1 atom stereocenters. The van der Waals surface area contributed by atoms with Crippen LogP contribution in [0.25, 0.3) is 0 Å². The van der Waals surface area contributed by atoms with Crippen LogP contribution in [0.15, 0.2) is 16.6 Å². The highest BCUT2D eigenvalue weighted by molar-refractivity contribution is 9.10. The van der Waals surface area contributed by atoms with Crippen LogP contribution in [0, 0.1) is 6.92 Å². The summed E-state index contributed by atoms with van der Waals surface area (Å²) in [7, 11) is 1.59. The van der Waals surface area contributed by atoms with Gasteiger partial charge in [-0.1, -0.05) is 15.9 Å². The van der Waals surface area contributed by atoms with Gasteiger partial charge in [-0.2, -0.15) is 0 Å². The molecule has 1 rings (SSSR count). The zero-order valence-corrected chi connectivity index (χ0v) is 9.84. The largest absolute Gasteiger partial charge is 0.496 e. The van der Waals surface area contributed by atoms with Gasteiger partial charge in [0, 0.05) is 10.0 Å². The predicted molar refractivity (Wildman–Crippen MR) is 59.4 cm³/mol. The number of nitrogens with two attached hydrogens (primary N) is 1.